The van der Waals surface area contributed by atoms with Crippen molar-refractivity contribution in [3.05, 3.63) is 237 Å². The Morgan fingerprint density at radius 2 is 0.676 bits per heavy atom. The van der Waals surface area contributed by atoms with Crippen LogP contribution in [0.5, 0.6) is 0 Å². The Hall–Kier alpha value is -9.19. The summed E-state index contributed by atoms with van der Waals surface area (Å²) in [4.78, 5) is 15.5. The summed E-state index contributed by atoms with van der Waals surface area (Å²) in [6, 6.07) is 84.6. The van der Waals surface area contributed by atoms with Crippen LogP contribution in [-0.2, 0) is 0 Å². The minimum Gasteiger partial charge on any atom is -0.309 e. The summed E-state index contributed by atoms with van der Waals surface area (Å²) in [6.07, 6.45) is 0. The summed E-state index contributed by atoms with van der Waals surface area (Å²) in [5.74, 6) is 1.83. The molecule has 14 aromatic rings. The van der Waals surface area contributed by atoms with Crippen LogP contribution in [0.2, 0.25) is 0 Å². The molecule has 0 fully saturated rings. The first-order valence-corrected chi connectivity index (χ1v) is 23.1. The lowest BCUT2D eigenvalue weighted by Crippen LogP contribution is -2.06. The topological polar surface area (TPSA) is 48.5 Å². The summed E-state index contributed by atoms with van der Waals surface area (Å²) in [6.45, 7) is 0. The SMILES string of the molecule is c1ccc(-c2nc(-c3ccccc3)nc(-n3c4ccccc4c4ccc5c(c6ccccc6n5-c5ccc(-c6ccc(-c7ccc8c9ccccc9c9ccccc9c8c7)cc6)cc5)c43)n2)cc1. The lowest BCUT2D eigenvalue weighted by atomic mass is 9.92. The third kappa shape index (κ3) is 5.93. The predicted molar refractivity (Wildman–Crippen MR) is 283 cm³/mol. The molecule has 11 aromatic carbocycles. The molecule has 0 amide bonds. The fourth-order valence-corrected chi connectivity index (χ4v) is 10.6. The molecule has 0 saturated carbocycles. The quantitative estimate of drug-likeness (QED) is 0.156. The molecule has 316 valence electrons. The van der Waals surface area contributed by atoms with Crippen molar-refractivity contribution in [2.75, 3.05) is 0 Å². The molecule has 0 aliphatic heterocycles. The molecule has 3 heterocycles. The second-order valence-corrected chi connectivity index (χ2v) is 17.6. The van der Waals surface area contributed by atoms with Gasteiger partial charge in [-0.15, -0.1) is 0 Å². The molecule has 5 heteroatoms. The number of fused-ring (bicyclic) bond motifs is 13. The second kappa shape index (κ2) is 15.2. The number of hydrogen-bond donors (Lipinski definition) is 0. The van der Waals surface area contributed by atoms with Crippen LogP contribution in [0.25, 0.3) is 133 Å². The van der Waals surface area contributed by atoms with E-state index in [4.69, 9.17) is 15.0 Å². The van der Waals surface area contributed by atoms with Crippen LogP contribution in [0.1, 0.15) is 0 Å². The van der Waals surface area contributed by atoms with Crippen LogP contribution in [0.3, 0.4) is 0 Å². The van der Waals surface area contributed by atoms with Crippen LogP contribution in [0, 0.1) is 0 Å². The standard InChI is InChI=1S/C63H39N5/c1-3-15-43(16-4-1)61-64-62(44-17-5-2-6-18-44)66-63(65-61)68-56-25-13-11-23-52(56)53-37-38-58-59(60(53)68)54-24-12-14-26-57(54)67(58)46-34-31-41(32-35-46)40-27-29-42(30-28-40)45-33-36-51-49-21-8-7-19-47(49)48-20-9-10-22-50(48)55(51)39-45/h1-39H. The summed E-state index contributed by atoms with van der Waals surface area (Å²) >= 11 is 0. The summed E-state index contributed by atoms with van der Waals surface area (Å²) < 4.78 is 4.64. The zero-order valence-electron chi connectivity index (χ0n) is 36.8. The van der Waals surface area contributed by atoms with Gasteiger partial charge in [0.1, 0.15) is 0 Å². The Bertz CT molecular complexity index is 4190. The molecule has 0 radical (unpaired) electrons. The van der Waals surface area contributed by atoms with Crippen LogP contribution >= 0.6 is 0 Å². The number of benzene rings is 11. The van der Waals surface area contributed by atoms with Gasteiger partial charge in [0.15, 0.2) is 11.6 Å². The smallest absolute Gasteiger partial charge is 0.238 e. The summed E-state index contributed by atoms with van der Waals surface area (Å²) in [5, 5.41) is 12.3. The average molecular weight is 866 g/mol. The molecule has 3 aromatic heterocycles. The van der Waals surface area contributed by atoms with E-state index in [1.807, 2.05) is 36.4 Å². The maximum atomic E-state index is 5.25. The molecule has 0 spiro atoms. The van der Waals surface area contributed by atoms with Crippen molar-refractivity contribution in [1.82, 2.24) is 24.1 Å². The van der Waals surface area contributed by atoms with Gasteiger partial charge in [0.25, 0.3) is 0 Å². The Labute approximate surface area is 391 Å². The molecule has 68 heavy (non-hydrogen) atoms. The minimum atomic E-state index is 0.575. The lowest BCUT2D eigenvalue weighted by Gasteiger charge is -2.12. The maximum absolute atomic E-state index is 5.25. The fourth-order valence-electron chi connectivity index (χ4n) is 10.6. The molecular weight excluding hydrogens is 827 g/mol. The highest BCUT2D eigenvalue weighted by atomic mass is 15.2. The first-order chi connectivity index (χ1) is 33.7. The molecule has 0 unspecified atom stereocenters. The first kappa shape index (κ1) is 38.1. The number of aromatic nitrogens is 5. The van der Waals surface area contributed by atoms with Gasteiger partial charge >= 0.3 is 0 Å². The van der Waals surface area contributed by atoms with E-state index < -0.39 is 0 Å². The van der Waals surface area contributed by atoms with Crippen molar-refractivity contribution in [1.29, 1.82) is 0 Å². The zero-order chi connectivity index (χ0) is 44.7. The molecule has 0 aliphatic carbocycles. The van der Waals surface area contributed by atoms with Crippen LogP contribution in [0.4, 0.5) is 0 Å². The Kier molecular flexibility index (Phi) is 8.52. The van der Waals surface area contributed by atoms with Gasteiger partial charge in [0.2, 0.25) is 5.95 Å². The predicted octanol–water partition coefficient (Wildman–Crippen LogP) is 16.2. The fraction of sp³-hybridized carbons (Fsp3) is 0. The van der Waals surface area contributed by atoms with E-state index in [0.29, 0.717) is 17.6 Å². The van der Waals surface area contributed by atoms with Crippen molar-refractivity contribution in [3.63, 3.8) is 0 Å². The third-order valence-electron chi connectivity index (χ3n) is 13.8. The number of rotatable bonds is 6. The van der Waals surface area contributed by atoms with E-state index in [9.17, 15) is 0 Å². The maximum Gasteiger partial charge on any atom is 0.238 e. The van der Waals surface area contributed by atoms with Crippen LogP contribution in [0.15, 0.2) is 237 Å². The Morgan fingerprint density at radius 3 is 1.26 bits per heavy atom. The van der Waals surface area contributed by atoms with E-state index in [0.717, 1.165) is 66.0 Å². The summed E-state index contributed by atoms with van der Waals surface area (Å²) in [5.41, 5.74) is 12.0. The minimum absolute atomic E-state index is 0.575. The number of nitrogens with zero attached hydrogens (tertiary/aromatic N) is 5. The molecule has 0 aliphatic rings. The molecule has 0 atom stereocenters. The highest BCUT2D eigenvalue weighted by Gasteiger charge is 2.23. The highest BCUT2D eigenvalue weighted by Crippen LogP contribution is 2.43. The van der Waals surface area contributed by atoms with Gasteiger partial charge in [0.05, 0.1) is 22.1 Å². The van der Waals surface area contributed by atoms with E-state index in [-0.39, 0.29) is 0 Å². The monoisotopic (exact) mass is 865 g/mol. The van der Waals surface area contributed by atoms with Gasteiger partial charge in [0, 0.05) is 38.4 Å². The molecule has 0 saturated heterocycles. The number of para-hydroxylation sites is 2. The van der Waals surface area contributed by atoms with E-state index in [1.54, 1.807) is 0 Å². The third-order valence-corrected chi connectivity index (χ3v) is 13.8. The average Bonchev–Trinajstić information content (AvgIpc) is 3.94. The highest BCUT2D eigenvalue weighted by molar-refractivity contribution is 6.27. The zero-order valence-corrected chi connectivity index (χ0v) is 36.8. The van der Waals surface area contributed by atoms with Crippen LogP contribution < -0.4 is 0 Å². The van der Waals surface area contributed by atoms with Crippen LogP contribution in [-0.4, -0.2) is 24.1 Å². The van der Waals surface area contributed by atoms with Gasteiger partial charge in [-0.2, -0.15) is 9.97 Å². The van der Waals surface area contributed by atoms with Gasteiger partial charge in [-0.25, -0.2) is 4.98 Å². The first-order valence-electron chi connectivity index (χ1n) is 23.1. The van der Waals surface area contributed by atoms with Crippen molar-refractivity contribution >= 4 is 75.9 Å². The summed E-state index contributed by atoms with van der Waals surface area (Å²) in [7, 11) is 0. The number of hydrogen-bond acceptors (Lipinski definition) is 3. The van der Waals surface area contributed by atoms with Crippen molar-refractivity contribution in [3.8, 4) is 56.7 Å². The van der Waals surface area contributed by atoms with Gasteiger partial charge < -0.3 is 4.57 Å². The van der Waals surface area contributed by atoms with E-state index in [2.05, 4.69) is 209 Å². The van der Waals surface area contributed by atoms with E-state index in [1.165, 1.54) is 49.0 Å². The molecular formula is C63H39N5. The Balaban J connectivity index is 0.889. The normalized spacial score (nSPS) is 11.8. The second-order valence-electron chi connectivity index (χ2n) is 17.6. The van der Waals surface area contributed by atoms with Crippen molar-refractivity contribution in [2.45, 2.75) is 0 Å². The Morgan fingerprint density at radius 1 is 0.250 bits per heavy atom. The van der Waals surface area contributed by atoms with Gasteiger partial charge in [-0.3, -0.25) is 4.57 Å². The molecule has 0 bridgehead atoms. The molecule has 14 rings (SSSR count). The molecule has 5 nitrogen and oxygen atoms in total. The van der Waals surface area contributed by atoms with E-state index >= 15 is 0 Å². The lowest BCUT2D eigenvalue weighted by molar-refractivity contribution is 0.955. The van der Waals surface area contributed by atoms with Crippen molar-refractivity contribution in [2.24, 2.45) is 0 Å². The largest absolute Gasteiger partial charge is 0.309 e. The van der Waals surface area contributed by atoms with Crippen molar-refractivity contribution < 1.29 is 0 Å². The van der Waals surface area contributed by atoms with Gasteiger partial charge in [-0.05, 0) is 91.0 Å². The molecule has 0 N–H and O–H groups in total. The van der Waals surface area contributed by atoms with Gasteiger partial charge in [-0.1, -0.05) is 200 Å².